The molecule has 2 aromatic rings. The molecular formula is C12H13ClN4O2. The Morgan fingerprint density at radius 3 is 2.58 bits per heavy atom. The van der Waals surface area contributed by atoms with E-state index in [0.29, 0.717) is 11.6 Å². The zero-order chi connectivity index (χ0) is 13.7. The van der Waals surface area contributed by atoms with Crippen LogP contribution in [0.5, 0.6) is 12.0 Å². The summed E-state index contributed by atoms with van der Waals surface area (Å²) in [6, 6.07) is 7.59. The second-order valence-electron chi connectivity index (χ2n) is 3.61. The van der Waals surface area contributed by atoms with Gasteiger partial charge in [0.1, 0.15) is 6.61 Å². The van der Waals surface area contributed by atoms with Crippen LogP contribution in [0, 0.1) is 0 Å². The number of rotatable bonds is 5. The molecule has 0 aliphatic carbocycles. The van der Waals surface area contributed by atoms with Crippen LogP contribution in [0.2, 0.25) is 5.02 Å². The molecule has 0 amide bonds. The Kier molecular flexibility index (Phi) is 4.35. The zero-order valence-corrected chi connectivity index (χ0v) is 11.1. The quantitative estimate of drug-likeness (QED) is 0.903. The molecule has 6 nitrogen and oxygen atoms in total. The third kappa shape index (κ3) is 3.96. The Hall–Kier alpha value is -2.08. The number of hydrogen-bond acceptors (Lipinski definition) is 6. The lowest BCUT2D eigenvalue weighted by molar-refractivity contribution is 0.262. The predicted molar refractivity (Wildman–Crippen MR) is 71.2 cm³/mol. The van der Waals surface area contributed by atoms with Gasteiger partial charge in [0.15, 0.2) is 0 Å². The molecule has 1 aromatic heterocycles. The van der Waals surface area contributed by atoms with E-state index in [1.807, 2.05) is 19.1 Å². The highest BCUT2D eigenvalue weighted by molar-refractivity contribution is 6.30. The van der Waals surface area contributed by atoms with Gasteiger partial charge >= 0.3 is 12.0 Å². The van der Waals surface area contributed by atoms with E-state index in [-0.39, 0.29) is 24.6 Å². The fourth-order valence-corrected chi connectivity index (χ4v) is 1.60. The van der Waals surface area contributed by atoms with Crippen LogP contribution in [0.3, 0.4) is 0 Å². The third-order valence-electron chi connectivity index (χ3n) is 2.14. The molecule has 0 bridgehead atoms. The number of nitrogen functional groups attached to an aromatic ring is 1. The standard InChI is InChI=1S/C12H13ClN4O2/c1-2-18-11-15-10(14)16-12(17-11)19-7-8-4-3-5-9(13)6-8/h3-6H,2,7H2,1H3,(H2,14,15,16,17). The SMILES string of the molecule is CCOc1nc(N)nc(OCc2cccc(Cl)c2)n1. The van der Waals surface area contributed by atoms with Crippen molar-refractivity contribution in [2.45, 2.75) is 13.5 Å². The Morgan fingerprint density at radius 2 is 1.89 bits per heavy atom. The van der Waals surface area contributed by atoms with Crippen LogP contribution in [0.1, 0.15) is 12.5 Å². The highest BCUT2D eigenvalue weighted by atomic mass is 35.5. The number of anilines is 1. The van der Waals surface area contributed by atoms with E-state index < -0.39 is 0 Å². The van der Waals surface area contributed by atoms with Crippen molar-refractivity contribution >= 4 is 17.5 Å². The number of hydrogen-bond donors (Lipinski definition) is 1. The summed E-state index contributed by atoms with van der Waals surface area (Å²) < 4.78 is 10.6. The van der Waals surface area contributed by atoms with Gasteiger partial charge in [-0.2, -0.15) is 9.97 Å². The molecule has 0 saturated carbocycles. The van der Waals surface area contributed by atoms with Crippen LogP contribution in [0.4, 0.5) is 5.95 Å². The molecule has 0 saturated heterocycles. The van der Waals surface area contributed by atoms with Gasteiger partial charge in [0.05, 0.1) is 6.61 Å². The maximum absolute atomic E-state index is 5.88. The maximum Gasteiger partial charge on any atom is 0.324 e. The highest BCUT2D eigenvalue weighted by Crippen LogP contribution is 2.15. The van der Waals surface area contributed by atoms with E-state index in [4.69, 9.17) is 26.8 Å². The van der Waals surface area contributed by atoms with Crippen molar-refractivity contribution in [1.29, 1.82) is 0 Å². The molecule has 100 valence electrons. The number of nitrogens with zero attached hydrogens (tertiary/aromatic N) is 3. The summed E-state index contributed by atoms with van der Waals surface area (Å²) in [5.74, 6) is 0.0551. The van der Waals surface area contributed by atoms with Gasteiger partial charge in [0.25, 0.3) is 0 Å². The molecule has 0 atom stereocenters. The topological polar surface area (TPSA) is 83.2 Å². The lowest BCUT2D eigenvalue weighted by Gasteiger charge is -2.07. The monoisotopic (exact) mass is 280 g/mol. The van der Waals surface area contributed by atoms with Crippen molar-refractivity contribution in [2.75, 3.05) is 12.3 Å². The molecule has 0 aliphatic rings. The van der Waals surface area contributed by atoms with Crippen molar-refractivity contribution in [2.24, 2.45) is 0 Å². The van der Waals surface area contributed by atoms with E-state index in [0.717, 1.165) is 5.56 Å². The van der Waals surface area contributed by atoms with Crippen LogP contribution in [-0.2, 0) is 6.61 Å². The Bertz CT molecular complexity index is 565. The number of benzene rings is 1. The molecule has 19 heavy (non-hydrogen) atoms. The van der Waals surface area contributed by atoms with E-state index in [2.05, 4.69) is 15.0 Å². The Morgan fingerprint density at radius 1 is 1.16 bits per heavy atom. The summed E-state index contributed by atoms with van der Waals surface area (Å²) in [5.41, 5.74) is 6.45. The summed E-state index contributed by atoms with van der Waals surface area (Å²) in [6.45, 7) is 2.55. The summed E-state index contributed by atoms with van der Waals surface area (Å²) in [4.78, 5) is 11.7. The molecule has 0 spiro atoms. The van der Waals surface area contributed by atoms with Crippen molar-refractivity contribution in [3.8, 4) is 12.0 Å². The van der Waals surface area contributed by atoms with Crippen LogP contribution in [0.25, 0.3) is 0 Å². The normalized spacial score (nSPS) is 10.2. The number of aromatic nitrogens is 3. The van der Waals surface area contributed by atoms with Gasteiger partial charge in [-0.05, 0) is 24.6 Å². The van der Waals surface area contributed by atoms with E-state index in [1.165, 1.54) is 0 Å². The van der Waals surface area contributed by atoms with Crippen LogP contribution in [-0.4, -0.2) is 21.6 Å². The minimum atomic E-state index is 0.0551. The second-order valence-corrected chi connectivity index (χ2v) is 4.05. The molecule has 7 heteroatoms. The molecule has 0 fully saturated rings. The first kappa shape index (κ1) is 13.4. The summed E-state index contributed by atoms with van der Waals surface area (Å²) in [5, 5.41) is 0.645. The van der Waals surface area contributed by atoms with Crippen LogP contribution in [0.15, 0.2) is 24.3 Å². The lowest BCUT2D eigenvalue weighted by Crippen LogP contribution is -2.06. The Balaban J connectivity index is 2.06. The van der Waals surface area contributed by atoms with Crippen LogP contribution < -0.4 is 15.2 Å². The largest absolute Gasteiger partial charge is 0.464 e. The smallest absolute Gasteiger partial charge is 0.324 e. The Labute approximate surface area is 115 Å². The fraction of sp³-hybridized carbons (Fsp3) is 0.250. The van der Waals surface area contributed by atoms with Crippen molar-refractivity contribution < 1.29 is 9.47 Å². The van der Waals surface area contributed by atoms with Crippen molar-refractivity contribution in [3.63, 3.8) is 0 Å². The highest BCUT2D eigenvalue weighted by Gasteiger charge is 2.06. The first-order valence-electron chi connectivity index (χ1n) is 5.69. The first-order chi connectivity index (χ1) is 9.17. The minimum absolute atomic E-state index is 0.0551. The minimum Gasteiger partial charge on any atom is -0.464 e. The van der Waals surface area contributed by atoms with Gasteiger partial charge in [0.2, 0.25) is 5.95 Å². The van der Waals surface area contributed by atoms with Crippen molar-refractivity contribution in [3.05, 3.63) is 34.9 Å². The number of halogens is 1. The average molecular weight is 281 g/mol. The molecular weight excluding hydrogens is 268 g/mol. The maximum atomic E-state index is 5.88. The fourth-order valence-electron chi connectivity index (χ4n) is 1.39. The zero-order valence-electron chi connectivity index (χ0n) is 10.3. The predicted octanol–water partition coefficient (Wildman–Crippen LogP) is 2.08. The number of ether oxygens (including phenoxy) is 2. The second kappa shape index (κ2) is 6.19. The van der Waals surface area contributed by atoms with E-state index in [1.54, 1.807) is 12.1 Å². The van der Waals surface area contributed by atoms with Gasteiger partial charge in [0, 0.05) is 5.02 Å². The summed E-state index contributed by atoms with van der Waals surface area (Å²) in [6.07, 6.45) is 0. The van der Waals surface area contributed by atoms with Gasteiger partial charge < -0.3 is 15.2 Å². The third-order valence-corrected chi connectivity index (χ3v) is 2.38. The first-order valence-corrected chi connectivity index (χ1v) is 6.06. The molecule has 0 aliphatic heterocycles. The van der Waals surface area contributed by atoms with Gasteiger partial charge in [-0.3, -0.25) is 0 Å². The summed E-state index contributed by atoms with van der Waals surface area (Å²) in [7, 11) is 0. The molecule has 0 radical (unpaired) electrons. The van der Waals surface area contributed by atoms with Crippen LogP contribution >= 0.6 is 11.6 Å². The lowest BCUT2D eigenvalue weighted by atomic mass is 10.2. The van der Waals surface area contributed by atoms with Gasteiger partial charge in [-0.1, -0.05) is 23.7 Å². The number of nitrogens with two attached hydrogens (primary N) is 1. The molecule has 1 heterocycles. The van der Waals surface area contributed by atoms with Gasteiger partial charge in [-0.25, -0.2) is 0 Å². The average Bonchev–Trinajstić information content (AvgIpc) is 2.36. The molecule has 1 aromatic carbocycles. The van der Waals surface area contributed by atoms with Crippen molar-refractivity contribution in [1.82, 2.24) is 15.0 Å². The molecule has 2 N–H and O–H groups in total. The van der Waals surface area contributed by atoms with E-state index in [9.17, 15) is 0 Å². The van der Waals surface area contributed by atoms with E-state index >= 15 is 0 Å². The summed E-state index contributed by atoms with van der Waals surface area (Å²) >= 11 is 5.88. The van der Waals surface area contributed by atoms with Gasteiger partial charge in [-0.15, -0.1) is 4.98 Å². The molecule has 2 rings (SSSR count). The molecule has 0 unspecified atom stereocenters.